The van der Waals surface area contributed by atoms with Gasteiger partial charge in [-0.25, -0.2) is 0 Å². The van der Waals surface area contributed by atoms with Gasteiger partial charge in [-0.05, 0) is 44.7 Å². The normalized spacial score (nSPS) is 13.9. The molecule has 1 atom stereocenters. The van der Waals surface area contributed by atoms with Gasteiger partial charge in [0.1, 0.15) is 0 Å². The Bertz CT molecular complexity index is 484. The summed E-state index contributed by atoms with van der Waals surface area (Å²) in [5.41, 5.74) is 3.13. The zero-order chi connectivity index (χ0) is 15.7. The zero-order valence-electron chi connectivity index (χ0n) is 13.8. The SMILES string of the molecule is CCCCC(C(=N)/C=C\C=C(/C)c1ccccc1)N(C)C. The molecule has 1 aromatic carbocycles. The van der Waals surface area contributed by atoms with Gasteiger partial charge in [0.25, 0.3) is 0 Å². The van der Waals surface area contributed by atoms with E-state index in [2.05, 4.69) is 37.0 Å². The maximum atomic E-state index is 8.25. The van der Waals surface area contributed by atoms with Crippen LogP contribution in [-0.2, 0) is 0 Å². The third-order valence-electron chi connectivity index (χ3n) is 3.66. The average molecular weight is 284 g/mol. The highest BCUT2D eigenvalue weighted by atomic mass is 15.1. The molecule has 1 N–H and O–H groups in total. The first-order valence-corrected chi connectivity index (χ1v) is 7.71. The molecule has 1 aromatic rings. The van der Waals surface area contributed by atoms with Crippen LogP contribution < -0.4 is 0 Å². The van der Waals surface area contributed by atoms with Crippen LogP contribution in [0.1, 0.15) is 38.7 Å². The highest BCUT2D eigenvalue weighted by Gasteiger charge is 2.13. The molecule has 0 bridgehead atoms. The molecule has 0 aromatic heterocycles. The maximum absolute atomic E-state index is 8.25. The van der Waals surface area contributed by atoms with Gasteiger partial charge in [-0.1, -0.05) is 62.2 Å². The molecule has 0 heterocycles. The fourth-order valence-corrected chi connectivity index (χ4v) is 2.29. The molecule has 0 radical (unpaired) electrons. The number of unbranched alkanes of at least 4 members (excludes halogenated alkanes) is 1. The molecule has 2 nitrogen and oxygen atoms in total. The van der Waals surface area contributed by atoms with Crippen LogP contribution in [0, 0.1) is 5.41 Å². The lowest BCUT2D eigenvalue weighted by Gasteiger charge is -2.23. The Kier molecular flexibility index (Phi) is 7.70. The molecule has 2 heteroatoms. The molecule has 0 spiro atoms. The highest BCUT2D eigenvalue weighted by molar-refractivity contribution is 5.97. The van der Waals surface area contributed by atoms with E-state index in [4.69, 9.17) is 5.41 Å². The molecule has 0 amide bonds. The number of hydrogen-bond acceptors (Lipinski definition) is 2. The minimum absolute atomic E-state index is 0.214. The Morgan fingerprint density at radius 2 is 1.90 bits per heavy atom. The predicted octanol–water partition coefficient (Wildman–Crippen LogP) is 4.79. The Morgan fingerprint density at radius 1 is 1.24 bits per heavy atom. The van der Waals surface area contributed by atoms with E-state index in [0.29, 0.717) is 5.71 Å². The summed E-state index contributed by atoms with van der Waals surface area (Å²) in [6.45, 7) is 4.29. The molecular formula is C19H28N2. The van der Waals surface area contributed by atoms with Crippen LogP contribution in [0.25, 0.3) is 5.57 Å². The molecular weight excluding hydrogens is 256 g/mol. The average Bonchev–Trinajstić information content (AvgIpc) is 2.48. The number of benzene rings is 1. The molecule has 114 valence electrons. The second-order valence-electron chi connectivity index (χ2n) is 5.65. The monoisotopic (exact) mass is 284 g/mol. The molecule has 0 aliphatic carbocycles. The summed E-state index contributed by atoms with van der Waals surface area (Å²) in [4.78, 5) is 2.14. The highest BCUT2D eigenvalue weighted by Crippen LogP contribution is 2.13. The van der Waals surface area contributed by atoms with Crippen LogP contribution in [0.2, 0.25) is 0 Å². The molecule has 0 fully saturated rings. The van der Waals surface area contributed by atoms with E-state index in [-0.39, 0.29) is 6.04 Å². The van der Waals surface area contributed by atoms with Crippen LogP contribution >= 0.6 is 0 Å². The summed E-state index contributed by atoms with van der Waals surface area (Å²) in [6.07, 6.45) is 9.39. The van der Waals surface area contributed by atoms with Crippen molar-refractivity contribution in [1.29, 1.82) is 5.41 Å². The van der Waals surface area contributed by atoms with E-state index < -0.39 is 0 Å². The van der Waals surface area contributed by atoms with Crippen molar-refractivity contribution in [3.8, 4) is 0 Å². The van der Waals surface area contributed by atoms with E-state index in [1.807, 2.05) is 44.4 Å². The fraction of sp³-hybridized carbons (Fsp3) is 0.421. The molecule has 1 rings (SSSR count). The first kappa shape index (κ1) is 17.4. The van der Waals surface area contributed by atoms with Gasteiger partial charge >= 0.3 is 0 Å². The van der Waals surface area contributed by atoms with E-state index in [9.17, 15) is 0 Å². The lowest BCUT2D eigenvalue weighted by atomic mass is 10.0. The number of allylic oxidation sites excluding steroid dienone is 3. The van der Waals surface area contributed by atoms with E-state index >= 15 is 0 Å². The van der Waals surface area contributed by atoms with Gasteiger partial charge in [-0.3, -0.25) is 0 Å². The molecule has 0 saturated heterocycles. The molecule has 21 heavy (non-hydrogen) atoms. The summed E-state index contributed by atoms with van der Waals surface area (Å²) < 4.78 is 0. The quantitative estimate of drug-likeness (QED) is 0.539. The minimum atomic E-state index is 0.214. The van der Waals surface area contributed by atoms with Crippen LogP contribution in [0.5, 0.6) is 0 Å². The zero-order valence-corrected chi connectivity index (χ0v) is 13.8. The van der Waals surface area contributed by atoms with Gasteiger partial charge in [0.05, 0.1) is 6.04 Å². The van der Waals surface area contributed by atoms with Crippen LogP contribution in [-0.4, -0.2) is 30.7 Å². The van der Waals surface area contributed by atoms with Crippen molar-refractivity contribution >= 4 is 11.3 Å². The number of rotatable bonds is 8. The van der Waals surface area contributed by atoms with Gasteiger partial charge in [0.2, 0.25) is 0 Å². The van der Waals surface area contributed by atoms with Gasteiger partial charge in [0.15, 0.2) is 0 Å². The van der Waals surface area contributed by atoms with Crippen molar-refractivity contribution in [2.75, 3.05) is 14.1 Å². The standard InChI is InChI=1S/C19H28N2/c1-5-6-15-19(21(3)4)18(20)14-10-11-16(2)17-12-8-7-9-13-17/h7-14,19-20H,5-6,15H2,1-4H3/b14-10-,16-11+,20-18?. The Hall–Kier alpha value is -1.67. The summed E-state index contributed by atoms with van der Waals surface area (Å²) in [5, 5.41) is 8.25. The minimum Gasteiger partial charge on any atom is -0.304 e. The van der Waals surface area contributed by atoms with Gasteiger partial charge in [0, 0.05) is 5.71 Å². The van der Waals surface area contributed by atoms with Gasteiger partial charge in [-0.2, -0.15) is 0 Å². The number of nitrogens with zero attached hydrogens (tertiary/aromatic N) is 1. The van der Waals surface area contributed by atoms with E-state index in [0.717, 1.165) is 12.8 Å². The topological polar surface area (TPSA) is 27.1 Å². The molecule has 0 saturated carbocycles. The number of nitrogens with one attached hydrogen (secondary N) is 1. The second kappa shape index (κ2) is 9.30. The third-order valence-corrected chi connectivity index (χ3v) is 3.66. The van der Waals surface area contributed by atoms with Crippen molar-refractivity contribution in [2.45, 2.75) is 39.2 Å². The largest absolute Gasteiger partial charge is 0.304 e. The van der Waals surface area contributed by atoms with E-state index in [1.165, 1.54) is 17.6 Å². The van der Waals surface area contributed by atoms with Gasteiger partial charge in [-0.15, -0.1) is 0 Å². The van der Waals surface area contributed by atoms with Crippen molar-refractivity contribution in [3.05, 3.63) is 54.1 Å². The molecule has 0 aliphatic rings. The smallest absolute Gasteiger partial charge is 0.0508 e. The summed E-state index contributed by atoms with van der Waals surface area (Å²) in [7, 11) is 4.10. The Labute approximate surface area is 129 Å². The Morgan fingerprint density at radius 3 is 2.48 bits per heavy atom. The fourth-order valence-electron chi connectivity index (χ4n) is 2.29. The first-order chi connectivity index (χ1) is 10.1. The predicted molar refractivity (Wildman–Crippen MR) is 94.0 cm³/mol. The third kappa shape index (κ3) is 6.09. The van der Waals surface area contributed by atoms with Crippen LogP contribution in [0.3, 0.4) is 0 Å². The summed E-state index contributed by atoms with van der Waals surface area (Å²) >= 11 is 0. The van der Waals surface area contributed by atoms with Crippen molar-refractivity contribution in [2.24, 2.45) is 0 Å². The first-order valence-electron chi connectivity index (χ1n) is 7.71. The summed E-state index contributed by atoms with van der Waals surface area (Å²) in [6, 6.07) is 10.5. The number of hydrogen-bond donors (Lipinski definition) is 1. The van der Waals surface area contributed by atoms with Crippen molar-refractivity contribution in [1.82, 2.24) is 4.90 Å². The lowest BCUT2D eigenvalue weighted by Crippen LogP contribution is -2.34. The molecule has 0 aliphatic heterocycles. The Balaban J connectivity index is 2.68. The molecule has 1 unspecified atom stereocenters. The maximum Gasteiger partial charge on any atom is 0.0508 e. The second-order valence-corrected chi connectivity index (χ2v) is 5.65. The van der Waals surface area contributed by atoms with Crippen molar-refractivity contribution in [3.63, 3.8) is 0 Å². The summed E-state index contributed by atoms with van der Waals surface area (Å²) in [5.74, 6) is 0. The van der Waals surface area contributed by atoms with Crippen LogP contribution in [0.4, 0.5) is 0 Å². The van der Waals surface area contributed by atoms with Gasteiger partial charge < -0.3 is 10.3 Å². The van der Waals surface area contributed by atoms with E-state index in [1.54, 1.807) is 0 Å². The van der Waals surface area contributed by atoms with Crippen molar-refractivity contribution < 1.29 is 0 Å². The lowest BCUT2D eigenvalue weighted by molar-refractivity contribution is 0.340. The van der Waals surface area contributed by atoms with Crippen LogP contribution in [0.15, 0.2) is 48.6 Å².